The van der Waals surface area contributed by atoms with Crippen LogP contribution in [0.2, 0.25) is 0 Å². The number of anilines is 1. The molecule has 0 aliphatic heterocycles. The van der Waals surface area contributed by atoms with Gasteiger partial charge in [-0.05, 0) is 43.4 Å². The van der Waals surface area contributed by atoms with Gasteiger partial charge in [0, 0.05) is 22.1 Å². The Morgan fingerprint density at radius 2 is 2.25 bits per heavy atom. The molecule has 1 N–H and O–H groups in total. The minimum Gasteiger partial charge on any atom is -0.381 e. The van der Waals surface area contributed by atoms with Gasteiger partial charge in [-0.2, -0.15) is 0 Å². The van der Waals surface area contributed by atoms with Crippen molar-refractivity contribution in [3.63, 3.8) is 0 Å². The van der Waals surface area contributed by atoms with Crippen LogP contribution in [0.4, 0.5) is 5.69 Å². The number of fused-ring (bicyclic) bond motifs is 1. The molecule has 0 spiro atoms. The van der Waals surface area contributed by atoms with E-state index in [-0.39, 0.29) is 0 Å². The molecule has 3 atom stereocenters. The first-order chi connectivity index (χ1) is 7.74. The van der Waals surface area contributed by atoms with Gasteiger partial charge in [0.05, 0.1) is 0 Å². The van der Waals surface area contributed by atoms with Gasteiger partial charge < -0.3 is 5.32 Å². The summed E-state index contributed by atoms with van der Waals surface area (Å²) in [5, 5.41) is 3.68. The first kappa shape index (κ1) is 10.4. The van der Waals surface area contributed by atoms with Crippen LogP contribution in [0.1, 0.15) is 18.4 Å². The van der Waals surface area contributed by atoms with Gasteiger partial charge in [-0.25, -0.2) is 0 Å². The van der Waals surface area contributed by atoms with Crippen molar-refractivity contribution in [1.82, 2.24) is 0 Å². The van der Waals surface area contributed by atoms with Crippen LogP contribution >= 0.6 is 15.9 Å². The highest BCUT2D eigenvalue weighted by Crippen LogP contribution is 2.44. The molecule has 16 heavy (non-hydrogen) atoms. The predicted octanol–water partition coefficient (Wildman–Crippen LogP) is 4.13. The lowest BCUT2D eigenvalue weighted by molar-refractivity contribution is 0.218. The Labute approximate surface area is 105 Å². The van der Waals surface area contributed by atoms with Crippen LogP contribution in [0.25, 0.3) is 0 Å². The fraction of sp³-hybridized carbons (Fsp3) is 0.429. The van der Waals surface area contributed by atoms with Crippen LogP contribution in [0.15, 0.2) is 34.8 Å². The van der Waals surface area contributed by atoms with E-state index in [1.54, 1.807) is 0 Å². The highest BCUT2D eigenvalue weighted by Gasteiger charge is 2.40. The zero-order chi connectivity index (χ0) is 11.1. The second-order valence-corrected chi connectivity index (χ2v) is 5.86. The largest absolute Gasteiger partial charge is 0.381 e. The maximum absolute atomic E-state index is 3.68. The molecule has 3 unspecified atom stereocenters. The maximum Gasteiger partial charge on any atom is 0.0383 e. The van der Waals surface area contributed by atoms with Gasteiger partial charge in [-0.1, -0.05) is 34.1 Å². The fourth-order valence-corrected chi connectivity index (χ4v) is 3.19. The van der Waals surface area contributed by atoms with E-state index in [0.717, 1.165) is 16.3 Å². The Hall–Kier alpha value is -0.760. The Morgan fingerprint density at radius 3 is 3.06 bits per heavy atom. The van der Waals surface area contributed by atoms with Crippen LogP contribution < -0.4 is 5.32 Å². The molecule has 1 fully saturated rings. The second kappa shape index (κ2) is 3.92. The monoisotopic (exact) mass is 277 g/mol. The summed E-state index contributed by atoms with van der Waals surface area (Å²) in [5.41, 5.74) is 2.60. The number of rotatable bonds is 2. The summed E-state index contributed by atoms with van der Waals surface area (Å²) in [4.78, 5) is 0. The van der Waals surface area contributed by atoms with E-state index in [4.69, 9.17) is 0 Å². The number of aryl methyl sites for hydroxylation is 1. The molecule has 2 aliphatic carbocycles. The number of nitrogens with one attached hydrogen (secondary N) is 1. The summed E-state index contributed by atoms with van der Waals surface area (Å²) < 4.78 is 1.15. The Balaban J connectivity index is 1.75. The Bertz CT molecular complexity index is 438. The fourth-order valence-electron chi connectivity index (χ4n) is 2.83. The molecule has 2 aliphatic rings. The van der Waals surface area contributed by atoms with Gasteiger partial charge in [-0.3, -0.25) is 0 Å². The van der Waals surface area contributed by atoms with E-state index in [0.29, 0.717) is 6.04 Å². The molecule has 2 heteroatoms. The van der Waals surface area contributed by atoms with E-state index in [9.17, 15) is 0 Å². The van der Waals surface area contributed by atoms with Crippen molar-refractivity contribution in [3.8, 4) is 0 Å². The lowest BCUT2D eigenvalue weighted by Crippen LogP contribution is -2.43. The van der Waals surface area contributed by atoms with E-state index in [1.807, 2.05) is 0 Å². The van der Waals surface area contributed by atoms with Gasteiger partial charge in [0.1, 0.15) is 0 Å². The van der Waals surface area contributed by atoms with E-state index in [2.05, 4.69) is 58.5 Å². The van der Waals surface area contributed by atoms with Crippen LogP contribution in [-0.4, -0.2) is 6.04 Å². The van der Waals surface area contributed by atoms with Crippen LogP contribution in [-0.2, 0) is 0 Å². The molecule has 1 nitrogen and oxygen atoms in total. The molecule has 1 aromatic carbocycles. The minimum atomic E-state index is 0.650. The summed E-state index contributed by atoms with van der Waals surface area (Å²) >= 11 is 3.53. The molecule has 84 valence electrons. The van der Waals surface area contributed by atoms with Gasteiger partial charge >= 0.3 is 0 Å². The quantitative estimate of drug-likeness (QED) is 0.802. The summed E-state index contributed by atoms with van der Waals surface area (Å²) in [6, 6.07) is 7.09. The van der Waals surface area contributed by atoms with Crippen LogP contribution in [0.5, 0.6) is 0 Å². The predicted molar refractivity (Wildman–Crippen MR) is 71.6 cm³/mol. The van der Waals surface area contributed by atoms with Gasteiger partial charge in [0.25, 0.3) is 0 Å². The average Bonchev–Trinajstić information content (AvgIpc) is 2.61. The van der Waals surface area contributed by atoms with E-state index < -0.39 is 0 Å². The summed E-state index contributed by atoms with van der Waals surface area (Å²) in [7, 11) is 0. The summed E-state index contributed by atoms with van der Waals surface area (Å²) in [6.07, 6.45) is 7.34. The van der Waals surface area contributed by atoms with Crippen molar-refractivity contribution in [3.05, 3.63) is 40.4 Å². The lowest BCUT2D eigenvalue weighted by Gasteiger charge is -2.41. The van der Waals surface area contributed by atoms with Crippen molar-refractivity contribution in [2.75, 3.05) is 5.32 Å². The molecule has 0 heterocycles. The van der Waals surface area contributed by atoms with Crippen molar-refractivity contribution in [2.45, 2.75) is 25.8 Å². The summed E-state index contributed by atoms with van der Waals surface area (Å²) in [6.45, 7) is 2.16. The Morgan fingerprint density at radius 1 is 1.38 bits per heavy atom. The molecule has 0 amide bonds. The van der Waals surface area contributed by atoms with Crippen molar-refractivity contribution in [1.29, 1.82) is 0 Å². The number of allylic oxidation sites excluding steroid dienone is 1. The molecule has 1 aromatic rings. The van der Waals surface area contributed by atoms with Crippen LogP contribution in [0.3, 0.4) is 0 Å². The summed E-state index contributed by atoms with van der Waals surface area (Å²) in [5.74, 6) is 1.70. The average molecular weight is 278 g/mol. The van der Waals surface area contributed by atoms with E-state index >= 15 is 0 Å². The van der Waals surface area contributed by atoms with E-state index in [1.165, 1.54) is 24.1 Å². The Kier molecular flexibility index (Phi) is 2.55. The first-order valence-corrected chi connectivity index (χ1v) is 6.73. The standard InChI is InChI=1S/C14H16BrN/c1-9-5-6-11(15)8-13(9)16-14-7-10-3-2-4-12(10)14/h2,4-6,8,10,12,14,16H,3,7H2,1H3. The molecule has 3 rings (SSSR count). The molecule has 0 radical (unpaired) electrons. The third kappa shape index (κ3) is 1.69. The first-order valence-electron chi connectivity index (χ1n) is 5.93. The van der Waals surface area contributed by atoms with Gasteiger partial charge in [0.2, 0.25) is 0 Å². The van der Waals surface area contributed by atoms with Crippen molar-refractivity contribution in [2.24, 2.45) is 11.8 Å². The SMILES string of the molecule is Cc1ccc(Br)cc1NC1CC2CC=CC21. The highest BCUT2D eigenvalue weighted by atomic mass is 79.9. The van der Waals surface area contributed by atoms with Gasteiger partial charge in [-0.15, -0.1) is 0 Å². The maximum atomic E-state index is 3.68. The lowest BCUT2D eigenvalue weighted by atomic mass is 9.71. The molecule has 1 saturated carbocycles. The number of hydrogen-bond acceptors (Lipinski definition) is 1. The van der Waals surface area contributed by atoms with Crippen LogP contribution in [0, 0.1) is 18.8 Å². The molecule has 0 bridgehead atoms. The minimum absolute atomic E-state index is 0.650. The highest BCUT2D eigenvalue weighted by molar-refractivity contribution is 9.10. The normalized spacial score (nSPS) is 31.0. The molecule has 0 aromatic heterocycles. The molecular formula is C14H16BrN. The number of hydrogen-bond donors (Lipinski definition) is 1. The van der Waals surface area contributed by atoms with Gasteiger partial charge in [0.15, 0.2) is 0 Å². The molecular weight excluding hydrogens is 262 g/mol. The third-order valence-corrected chi connectivity index (χ3v) is 4.40. The smallest absolute Gasteiger partial charge is 0.0383 e. The zero-order valence-electron chi connectivity index (χ0n) is 9.41. The van der Waals surface area contributed by atoms with Crippen molar-refractivity contribution >= 4 is 21.6 Å². The third-order valence-electron chi connectivity index (χ3n) is 3.90. The zero-order valence-corrected chi connectivity index (χ0v) is 11.0. The topological polar surface area (TPSA) is 12.0 Å². The molecule has 0 saturated heterocycles. The number of benzene rings is 1. The second-order valence-electron chi connectivity index (χ2n) is 4.95. The number of halogens is 1. The van der Waals surface area contributed by atoms with Crippen molar-refractivity contribution < 1.29 is 0 Å².